The molecule has 0 aliphatic heterocycles. The van der Waals surface area contributed by atoms with Crippen LogP contribution in [0.5, 0.6) is 0 Å². The van der Waals surface area contributed by atoms with Gasteiger partial charge in [0.15, 0.2) is 12.1 Å². The molecule has 25 heavy (non-hydrogen) atoms. The van der Waals surface area contributed by atoms with E-state index >= 15 is 0 Å². The van der Waals surface area contributed by atoms with Crippen LogP contribution in [0, 0.1) is 11.2 Å². The fourth-order valence-electron chi connectivity index (χ4n) is 2.27. The first-order valence-electron chi connectivity index (χ1n) is 7.79. The highest BCUT2D eigenvalue weighted by molar-refractivity contribution is 6.13. The summed E-state index contributed by atoms with van der Waals surface area (Å²) in [5.41, 5.74) is 0.664. The normalized spacial score (nSPS) is 12.1. The number of hydrogen-bond donors (Lipinski definition) is 2. The van der Waals surface area contributed by atoms with Crippen LogP contribution >= 0.6 is 0 Å². The maximum atomic E-state index is 14.2. The standard InChI is InChI=1S/C17H19F2N5O/c1-9(2)22-15-6-12(8-25)23-24-17(15)16(20)13-5-11(4-10(3)18)21-7-14(13)19/h5-10,20H,4H2,1-3H3,(H,22,23). The number of halogens is 2. The Balaban J connectivity index is 2.48. The third-order valence-electron chi connectivity index (χ3n) is 3.29. The van der Waals surface area contributed by atoms with Gasteiger partial charge < -0.3 is 5.32 Å². The number of carbonyl (C=O) groups is 1. The van der Waals surface area contributed by atoms with Gasteiger partial charge in [-0.05, 0) is 32.9 Å². The summed E-state index contributed by atoms with van der Waals surface area (Å²) in [5.74, 6) is -0.711. The molecule has 0 fully saturated rings. The first-order chi connectivity index (χ1) is 11.8. The monoisotopic (exact) mass is 347 g/mol. The second-order valence-corrected chi connectivity index (χ2v) is 5.96. The highest BCUT2D eigenvalue weighted by Crippen LogP contribution is 2.20. The van der Waals surface area contributed by atoms with Crippen LogP contribution in [-0.2, 0) is 6.42 Å². The van der Waals surface area contributed by atoms with Gasteiger partial charge in [0.05, 0.1) is 17.6 Å². The Bertz CT molecular complexity index is 793. The van der Waals surface area contributed by atoms with Gasteiger partial charge in [-0.2, -0.15) is 0 Å². The van der Waals surface area contributed by atoms with E-state index < -0.39 is 12.0 Å². The molecular formula is C17H19F2N5O. The van der Waals surface area contributed by atoms with Crippen LogP contribution < -0.4 is 5.32 Å². The molecule has 2 N–H and O–H groups in total. The molecule has 0 saturated carbocycles. The van der Waals surface area contributed by atoms with Crippen molar-refractivity contribution in [1.82, 2.24) is 15.2 Å². The van der Waals surface area contributed by atoms with Gasteiger partial charge in [0, 0.05) is 23.7 Å². The van der Waals surface area contributed by atoms with E-state index in [1.165, 1.54) is 19.1 Å². The van der Waals surface area contributed by atoms with E-state index in [2.05, 4.69) is 20.5 Å². The summed E-state index contributed by atoms with van der Waals surface area (Å²) in [7, 11) is 0. The SMILES string of the molecule is CC(F)Cc1cc(C(=N)c2nnc(C=O)cc2NC(C)C)c(F)cn1. The summed E-state index contributed by atoms with van der Waals surface area (Å²) in [6, 6.07) is 2.79. The van der Waals surface area contributed by atoms with Crippen molar-refractivity contribution in [3.05, 3.63) is 46.8 Å². The summed E-state index contributed by atoms with van der Waals surface area (Å²) in [6.45, 7) is 5.13. The molecule has 0 bridgehead atoms. The van der Waals surface area contributed by atoms with Crippen molar-refractivity contribution in [1.29, 1.82) is 5.41 Å². The van der Waals surface area contributed by atoms with E-state index in [4.69, 9.17) is 5.41 Å². The van der Waals surface area contributed by atoms with Crippen LogP contribution in [0.2, 0.25) is 0 Å². The molecule has 2 rings (SSSR count). The average molecular weight is 347 g/mol. The number of aldehydes is 1. The van der Waals surface area contributed by atoms with E-state index in [0.29, 0.717) is 17.7 Å². The average Bonchev–Trinajstić information content (AvgIpc) is 2.55. The molecule has 0 saturated heterocycles. The molecule has 0 spiro atoms. The van der Waals surface area contributed by atoms with Crippen molar-refractivity contribution < 1.29 is 13.6 Å². The van der Waals surface area contributed by atoms with Crippen molar-refractivity contribution in [3.63, 3.8) is 0 Å². The lowest BCUT2D eigenvalue weighted by molar-refractivity contribution is 0.111. The molecule has 2 heterocycles. The summed E-state index contributed by atoms with van der Waals surface area (Å²) >= 11 is 0. The molecule has 1 atom stereocenters. The lowest BCUT2D eigenvalue weighted by Gasteiger charge is -2.15. The van der Waals surface area contributed by atoms with Crippen molar-refractivity contribution in [2.24, 2.45) is 0 Å². The van der Waals surface area contributed by atoms with Gasteiger partial charge in [0.2, 0.25) is 0 Å². The maximum absolute atomic E-state index is 14.2. The number of anilines is 1. The maximum Gasteiger partial charge on any atom is 0.170 e. The van der Waals surface area contributed by atoms with Gasteiger partial charge in [-0.25, -0.2) is 8.78 Å². The summed E-state index contributed by atoms with van der Waals surface area (Å²) < 4.78 is 27.3. The number of aromatic nitrogens is 3. The van der Waals surface area contributed by atoms with Crippen LogP contribution in [-0.4, -0.2) is 39.4 Å². The molecule has 0 radical (unpaired) electrons. The van der Waals surface area contributed by atoms with Crippen LogP contribution in [0.15, 0.2) is 18.3 Å². The zero-order valence-electron chi connectivity index (χ0n) is 14.2. The zero-order chi connectivity index (χ0) is 18.6. The lowest BCUT2D eigenvalue weighted by Crippen LogP contribution is -2.18. The molecule has 8 heteroatoms. The van der Waals surface area contributed by atoms with Crippen LogP contribution in [0.3, 0.4) is 0 Å². The second kappa shape index (κ2) is 7.87. The first-order valence-corrected chi connectivity index (χ1v) is 7.79. The Kier molecular flexibility index (Phi) is 5.84. The van der Waals surface area contributed by atoms with E-state index in [1.807, 2.05) is 13.8 Å². The molecule has 1 unspecified atom stereocenters. The van der Waals surface area contributed by atoms with Gasteiger partial charge in [0.1, 0.15) is 17.6 Å². The lowest BCUT2D eigenvalue weighted by atomic mass is 10.0. The van der Waals surface area contributed by atoms with Gasteiger partial charge >= 0.3 is 0 Å². The Morgan fingerprint density at radius 3 is 2.64 bits per heavy atom. The molecule has 0 aliphatic carbocycles. The van der Waals surface area contributed by atoms with Gasteiger partial charge in [0.25, 0.3) is 0 Å². The van der Waals surface area contributed by atoms with E-state index in [9.17, 15) is 13.6 Å². The van der Waals surface area contributed by atoms with Crippen molar-refractivity contribution >= 4 is 17.7 Å². The summed E-state index contributed by atoms with van der Waals surface area (Å²) in [5, 5.41) is 19.0. The van der Waals surface area contributed by atoms with Crippen LogP contribution in [0.1, 0.15) is 48.2 Å². The predicted molar refractivity (Wildman–Crippen MR) is 90.6 cm³/mol. The zero-order valence-corrected chi connectivity index (χ0v) is 14.2. The molecule has 0 aromatic carbocycles. The quantitative estimate of drug-likeness (QED) is 0.593. The van der Waals surface area contributed by atoms with E-state index in [0.717, 1.165) is 6.20 Å². The van der Waals surface area contributed by atoms with Crippen molar-refractivity contribution in [3.8, 4) is 0 Å². The van der Waals surface area contributed by atoms with Crippen molar-refractivity contribution in [2.45, 2.75) is 39.4 Å². The minimum atomic E-state index is -1.13. The number of carbonyl (C=O) groups excluding carboxylic acids is 1. The largest absolute Gasteiger partial charge is 0.381 e. The number of nitrogens with zero attached hydrogens (tertiary/aromatic N) is 3. The smallest absolute Gasteiger partial charge is 0.170 e. The first kappa shape index (κ1) is 18.6. The Hall–Kier alpha value is -2.77. The fraction of sp³-hybridized carbons (Fsp3) is 0.353. The molecule has 2 aromatic heterocycles. The van der Waals surface area contributed by atoms with Crippen LogP contribution in [0.25, 0.3) is 0 Å². The highest BCUT2D eigenvalue weighted by Gasteiger charge is 2.19. The number of pyridine rings is 1. The van der Waals surface area contributed by atoms with Crippen molar-refractivity contribution in [2.75, 3.05) is 5.32 Å². The number of alkyl halides is 1. The minimum absolute atomic E-state index is 0.000451. The Morgan fingerprint density at radius 1 is 1.32 bits per heavy atom. The molecule has 6 nitrogen and oxygen atoms in total. The van der Waals surface area contributed by atoms with E-state index in [-0.39, 0.29) is 35.1 Å². The molecule has 0 aliphatic rings. The number of hydrogen-bond acceptors (Lipinski definition) is 6. The predicted octanol–water partition coefficient (Wildman–Crippen LogP) is 2.96. The van der Waals surface area contributed by atoms with Gasteiger partial charge in [-0.1, -0.05) is 0 Å². The Labute approximate surface area is 144 Å². The Morgan fingerprint density at radius 2 is 2.04 bits per heavy atom. The van der Waals surface area contributed by atoms with E-state index in [1.54, 1.807) is 0 Å². The van der Waals surface area contributed by atoms with Gasteiger partial charge in [-0.15, -0.1) is 10.2 Å². The van der Waals surface area contributed by atoms with Gasteiger partial charge in [-0.3, -0.25) is 15.2 Å². The highest BCUT2D eigenvalue weighted by atomic mass is 19.1. The third-order valence-corrected chi connectivity index (χ3v) is 3.29. The fourth-order valence-corrected chi connectivity index (χ4v) is 2.27. The second-order valence-electron chi connectivity index (χ2n) is 5.96. The number of rotatable bonds is 7. The molecule has 132 valence electrons. The van der Waals surface area contributed by atoms with Crippen LogP contribution in [0.4, 0.5) is 14.5 Å². The molecular weight excluding hydrogens is 328 g/mol. The topological polar surface area (TPSA) is 91.6 Å². The molecule has 2 aromatic rings. The minimum Gasteiger partial charge on any atom is -0.381 e. The summed E-state index contributed by atoms with van der Waals surface area (Å²) in [6.07, 6.45) is 0.391. The number of nitrogens with one attached hydrogen (secondary N) is 2. The molecule has 0 amide bonds. The summed E-state index contributed by atoms with van der Waals surface area (Å²) in [4.78, 5) is 14.8. The third kappa shape index (κ3) is 4.62.